The maximum absolute atomic E-state index is 13.8. The first kappa shape index (κ1) is 18.7. The number of nitrogens with zero attached hydrogens (tertiary/aromatic N) is 3. The summed E-state index contributed by atoms with van der Waals surface area (Å²) in [5, 5.41) is 7.39. The van der Waals surface area contributed by atoms with Crippen LogP contribution in [0.2, 0.25) is 0 Å². The van der Waals surface area contributed by atoms with E-state index in [1.165, 1.54) is 18.3 Å². The second kappa shape index (κ2) is 7.39. The highest BCUT2D eigenvalue weighted by Crippen LogP contribution is 2.25. The molecule has 0 atom stereocenters. The van der Waals surface area contributed by atoms with Gasteiger partial charge in [0.25, 0.3) is 5.91 Å². The maximum Gasteiger partial charge on any atom is 0.261 e. The van der Waals surface area contributed by atoms with Gasteiger partial charge in [0.05, 0.1) is 11.9 Å². The van der Waals surface area contributed by atoms with E-state index < -0.39 is 0 Å². The van der Waals surface area contributed by atoms with Crippen LogP contribution in [0.1, 0.15) is 27.0 Å². The van der Waals surface area contributed by atoms with Gasteiger partial charge in [-0.15, -0.1) is 0 Å². The molecule has 4 aromatic rings. The van der Waals surface area contributed by atoms with Crippen LogP contribution in [-0.4, -0.2) is 20.3 Å². The third kappa shape index (κ3) is 3.57. The number of hydrogen-bond acceptors (Lipinski definition) is 2. The Labute approximate surface area is 168 Å². The van der Waals surface area contributed by atoms with Crippen molar-refractivity contribution in [3.8, 4) is 11.5 Å². The van der Waals surface area contributed by atoms with Crippen LogP contribution in [0.3, 0.4) is 0 Å². The molecule has 0 aliphatic rings. The Morgan fingerprint density at radius 3 is 2.34 bits per heavy atom. The number of benzene rings is 2. The molecule has 0 unspecified atom stereocenters. The predicted octanol–water partition coefficient (Wildman–Crippen LogP) is 4.98. The first-order chi connectivity index (χ1) is 13.9. The van der Waals surface area contributed by atoms with Crippen LogP contribution in [0.15, 0.2) is 67.1 Å². The zero-order valence-corrected chi connectivity index (χ0v) is 16.5. The highest BCUT2D eigenvalue weighted by atomic mass is 19.1. The van der Waals surface area contributed by atoms with Crippen molar-refractivity contribution in [1.29, 1.82) is 0 Å². The van der Waals surface area contributed by atoms with Gasteiger partial charge in [-0.25, -0.2) is 9.07 Å². The second-order valence-corrected chi connectivity index (χ2v) is 7.09. The smallest absolute Gasteiger partial charge is 0.261 e. The van der Waals surface area contributed by atoms with Crippen molar-refractivity contribution < 1.29 is 9.18 Å². The SMILES string of the molecule is Cc1cc(C)c(NC(=O)c2cnn(-c3cccc(F)c3)c2-n2cccc2)c(C)c1. The number of rotatable bonds is 4. The Morgan fingerprint density at radius 2 is 1.69 bits per heavy atom. The third-order valence-corrected chi connectivity index (χ3v) is 4.81. The zero-order valence-electron chi connectivity index (χ0n) is 16.5. The van der Waals surface area contributed by atoms with Gasteiger partial charge in [-0.2, -0.15) is 5.10 Å². The average molecular weight is 388 g/mol. The summed E-state index contributed by atoms with van der Waals surface area (Å²) in [5.41, 5.74) is 4.86. The second-order valence-electron chi connectivity index (χ2n) is 7.09. The standard InChI is InChI=1S/C23H21FN4O/c1-15-11-16(2)21(17(3)12-15)26-22(29)20-14-25-28(19-8-6-7-18(24)13-19)23(20)27-9-4-5-10-27/h4-14H,1-3H3,(H,26,29). The van der Waals surface area contributed by atoms with Gasteiger partial charge in [0.1, 0.15) is 11.4 Å². The lowest BCUT2D eigenvalue weighted by molar-refractivity contribution is 0.102. The number of aryl methyl sites for hydroxylation is 3. The minimum absolute atomic E-state index is 0.272. The van der Waals surface area contributed by atoms with E-state index in [2.05, 4.69) is 10.4 Å². The number of aromatic nitrogens is 3. The number of anilines is 1. The highest BCUT2D eigenvalue weighted by Gasteiger charge is 2.21. The molecule has 2 heterocycles. The summed E-state index contributed by atoms with van der Waals surface area (Å²) in [4.78, 5) is 13.2. The van der Waals surface area contributed by atoms with E-state index in [1.54, 1.807) is 21.4 Å². The van der Waals surface area contributed by atoms with Crippen molar-refractivity contribution in [2.45, 2.75) is 20.8 Å². The van der Waals surface area contributed by atoms with Crippen LogP contribution in [0.4, 0.5) is 10.1 Å². The van der Waals surface area contributed by atoms with Crippen molar-refractivity contribution >= 4 is 11.6 Å². The van der Waals surface area contributed by atoms with Gasteiger partial charge in [0.15, 0.2) is 5.82 Å². The van der Waals surface area contributed by atoms with Crippen LogP contribution in [-0.2, 0) is 0 Å². The molecule has 0 aliphatic heterocycles. The molecule has 1 N–H and O–H groups in total. The molecule has 0 saturated heterocycles. The minimum atomic E-state index is -0.367. The van der Waals surface area contributed by atoms with Gasteiger partial charge in [0.2, 0.25) is 0 Å². The van der Waals surface area contributed by atoms with Crippen LogP contribution in [0.25, 0.3) is 11.5 Å². The van der Waals surface area contributed by atoms with Gasteiger partial charge in [0, 0.05) is 18.1 Å². The molecular formula is C23H21FN4O. The summed E-state index contributed by atoms with van der Waals surface area (Å²) >= 11 is 0. The normalized spacial score (nSPS) is 10.9. The fraction of sp³-hybridized carbons (Fsp3) is 0.130. The topological polar surface area (TPSA) is 51.9 Å². The molecule has 0 bridgehead atoms. The van der Waals surface area contributed by atoms with Crippen LogP contribution < -0.4 is 5.32 Å². The van der Waals surface area contributed by atoms with E-state index in [4.69, 9.17) is 0 Å². The molecule has 146 valence electrons. The predicted molar refractivity (Wildman–Crippen MR) is 111 cm³/mol. The number of carbonyl (C=O) groups is 1. The molecule has 2 aromatic carbocycles. The Bertz CT molecular complexity index is 1170. The Kier molecular flexibility index (Phi) is 4.76. The lowest BCUT2D eigenvalue weighted by atomic mass is 10.0. The maximum atomic E-state index is 13.8. The third-order valence-electron chi connectivity index (χ3n) is 4.81. The number of carbonyl (C=O) groups excluding carboxylic acids is 1. The van der Waals surface area contributed by atoms with E-state index in [0.717, 1.165) is 22.4 Å². The molecule has 0 saturated carbocycles. The number of amides is 1. The molecule has 1 amide bonds. The summed E-state index contributed by atoms with van der Waals surface area (Å²) in [5.74, 6) is -0.0970. The molecule has 4 rings (SSSR count). The molecule has 5 nitrogen and oxygen atoms in total. The van der Waals surface area contributed by atoms with Crippen LogP contribution in [0, 0.1) is 26.6 Å². The Hall–Kier alpha value is -3.67. The fourth-order valence-electron chi connectivity index (χ4n) is 3.58. The average Bonchev–Trinajstić information content (AvgIpc) is 3.33. The molecule has 0 radical (unpaired) electrons. The lowest BCUT2D eigenvalue weighted by Gasteiger charge is -2.14. The lowest BCUT2D eigenvalue weighted by Crippen LogP contribution is -2.16. The van der Waals surface area contributed by atoms with Gasteiger partial charge >= 0.3 is 0 Å². The number of halogens is 1. The summed E-state index contributed by atoms with van der Waals surface area (Å²) < 4.78 is 17.1. The van der Waals surface area contributed by atoms with Gasteiger partial charge in [-0.05, 0) is 62.2 Å². The Balaban J connectivity index is 1.79. The van der Waals surface area contributed by atoms with Crippen molar-refractivity contribution in [1.82, 2.24) is 14.3 Å². The van der Waals surface area contributed by atoms with E-state index in [1.807, 2.05) is 57.4 Å². The molecule has 29 heavy (non-hydrogen) atoms. The van der Waals surface area contributed by atoms with Crippen molar-refractivity contribution in [2.24, 2.45) is 0 Å². The molecule has 0 fully saturated rings. The Morgan fingerprint density at radius 1 is 1.00 bits per heavy atom. The summed E-state index contributed by atoms with van der Waals surface area (Å²) in [6.07, 6.45) is 5.16. The van der Waals surface area contributed by atoms with Crippen molar-refractivity contribution in [2.75, 3.05) is 5.32 Å². The van der Waals surface area contributed by atoms with Crippen molar-refractivity contribution in [3.05, 3.63) is 95.2 Å². The van der Waals surface area contributed by atoms with E-state index >= 15 is 0 Å². The summed E-state index contributed by atoms with van der Waals surface area (Å²) in [6, 6.07) is 13.9. The first-order valence-electron chi connectivity index (χ1n) is 9.30. The molecule has 2 aromatic heterocycles. The first-order valence-corrected chi connectivity index (χ1v) is 9.30. The summed E-state index contributed by atoms with van der Waals surface area (Å²) in [7, 11) is 0. The van der Waals surface area contributed by atoms with Gasteiger partial charge in [-0.3, -0.25) is 4.79 Å². The largest absolute Gasteiger partial charge is 0.321 e. The molecule has 6 heteroatoms. The molecule has 0 aliphatic carbocycles. The van der Waals surface area contributed by atoms with Crippen molar-refractivity contribution in [3.63, 3.8) is 0 Å². The van der Waals surface area contributed by atoms with Crippen LogP contribution in [0.5, 0.6) is 0 Å². The number of hydrogen-bond donors (Lipinski definition) is 1. The van der Waals surface area contributed by atoms with Gasteiger partial charge in [-0.1, -0.05) is 23.8 Å². The van der Waals surface area contributed by atoms with E-state index in [0.29, 0.717) is 17.1 Å². The summed E-state index contributed by atoms with van der Waals surface area (Å²) in [6.45, 7) is 5.97. The monoisotopic (exact) mass is 388 g/mol. The fourth-order valence-corrected chi connectivity index (χ4v) is 3.58. The van der Waals surface area contributed by atoms with E-state index in [9.17, 15) is 9.18 Å². The molecule has 0 spiro atoms. The zero-order chi connectivity index (χ0) is 20.5. The van der Waals surface area contributed by atoms with Gasteiger partial charge < -0.3 is 9.88 Å². The number of nitrogens with one attached hydrogen (secondary N) is 1. The quantitative estimate of drug-likeness (QED) is 0.536. The van der Waals surface area contributed by atoms with Crippen LogP contribution >= 0.6 is 0 Å². The minimum Gasteiger partial charge on any atom is -0.321 e. The molecular weight excluding hydrogens is 367 g/mol. The highest BCUT2D eigenvalue weighted by molar-refractivity contribution is 6.07. The van der Waals surface area contributed by atoms with E-state index in [-0.39, 0.29) is 11.7 Å².